The van der Waals surface area contributed by atoms with Crippen molar-refractivity contribution in [3.05, 3.63) is 0 Å². The lowest BCUT2D eigenvalue weighted by Crippen LogP contribution is -2.40. The highest BCUT2D eigenvalue weighted by atomic mass is 16.5. The van der Waals surface area contributed by atoms with Crippen LogP contribution in [0, 0.1) is 0 Å². The minimum atomic E-state index is 0.491. The van der Waals surface area contributed by atoms with Crippen molar-refractivity contribution in [2.45, 2.75) is 64.5 Å². The maximum Gasteiger partial charge on any atom is 0.0702 e. The van der Waals surface area contributed by atoms with Gasteiger partial charge in [-0.2, -0.15) is 0 Å². The fourth-order valence-electron chi connectivity index (χ4n) is 2.75. The van der Waals surface area contributed by atoms with Gasteiger partial charge in [0.25, 0.3) is 0 Å². The Balaban J connectivity index is 2.13. The van der Waals surface area contributed by atoms with Crippen molar-refractivity contribution in [2.75, 3.05) is 33.3 Å². The number of hydrogen-bond acceptors (Lipinski definition) is 3. The first-order chi connectivity index (χ1) is 8.80. The van der Waals surface area contributed by atoms with Crippen LogP contribution in [0.1, 0.15) is 52.4 Å². The van der Waals surface area contributed by atoms with Crippen LogP contribution in [0.3, 0.4) is 0 Å². The molecule has 1 aliphatic heterocycles. The Labute approximate surface area is 113 Å². The van der Waals surface area contributed by atoms with Gasteiger partial charge in [-0.25, -0.2) is 0 Å². The van der Waals surface area contributed by atoms with Crippen LogP contribution in [0.25, 0.3) is 0 Å². The predicted octanol–water partition coefficient (Wildman–Crippen LogP) is 2.66. The van der Waals surface area contributed by atoms with Crippen molar-refractivity contribution in [1.29, 1.82) is 0 Å². The van der Waals surface area contributed by atoms with E-state index in [2.05, 4.69) is 31.1 Å². The van der Waals surface area contributed by atoms with Crippen LogP contribution in [-0.2, 0) is 4.74 Å². The number of hydrogen-bond donors (Lipinski definition) is 1. The van der Waals surface area contributed by atoms with Crippen LogP contribution < -0.4 is 5.32 Å². The van der Waals surface area contributed by atoms with Crippen LogP contribution in [0.2, 0.25) is 0 Å². The quantitative estimate of drug-likeness (QED) is 0.686. The zero-order valence-electron chi connectivity index (χ0n) is 12.6. The van der Waals surface area contributed by atoms with E-state index in [9.17, 15) is 0 Å². The third-order valence-corrected chi connectivity index (χ3v) is 3.95. The van der Waals surface area contributed by atoms with Gasteiger partial charge in [-0.05, 0) is 58.7 Å². The fraction of sp³-hybridized carbons (Fsp3) is 1.00. The van der Waals surface area contributed by atoms with Crippen molar-refractivity contribution in [1.82, 2.24) is 10.2 Å². The van der Waals surface area contributed by atoms with E-state index in [1.807, 2.05) is 0 Å². The molecular formula is C15H32N2O. The van der Waals surface area contributed by atoms with Crippen molar-refractivity contribution >= 4 is 0 Å². The molecular weight excluding hydrogens is 224 g/mol. The summed E-state index contributed by atoms with van der Waals surface area (Å²) in [4.78, 5) is 2.59. The molecule has 0 aromatic rings. The van der Waals surface area contributed by atoms with Crippen molar-refractivity contribution < 1.29 is 4.74 Å². The Morgan fingerprint density at radius 1 is 1.39 bits per heavy atom. The van der Waals surface area contributed by atoms with E-state index in [-0.39, 0.29) is 0 Å². The Bertz CT molecular complexity index is 195. The molecule has 3 heteroatoms. The molecule has 0 amide bonds. The summed E-state index contributed by atoms with van der Waals surface area (Å²) in [6.07, 6.45) is 8.02. The molecule has 1 heterocycles. The molecule has 1 fully saturated rings. The van der Waals surface area contributed by atoms with Gasteiger partial charge in [0.2, 0.25) is 0 Å². The number of nitrogens with one attached hydrogen (secondary N) is 1. The molecule has 1 aliphatic rings. The molecule has 0 aromatic heterocycles. The lowest BCUT2D eigenvalue weighted by Gasteiger charge is -2.32. The summed E-state index contributed by atoms with van der Waals surface area (Å²) in [5.41, 5.74) is 0. The second-order valence-corrected chi connectivity index (χ2v) is 5.47. The molecule has 0 saturated carbocycles. The first-order valence-electron chi connectivity index (χ1n) is 7.81. The van der Waals surface area contributed by atoms with Gasteiger partial charge in [0.05, 0.1) is 6.10 Å². The second-order valence-electron chi connectivity index (χ2n) is 5.47. The summed E-state index contributed by atoms with van der Waals surface area (Å²) in [5.74, 6) is 0. The Morgan fingerprint density at radius 3 is 2.89 bits per heavy atom. The highest BCUT2D eigenvalue weighted by Gasteiger charge is 2.19. The van der Waals surface area contributed by atoms with Gasteiger partial charge in [-0.3, -0.25) is 0 Å². The molecule has 1 N–H and O–H groups in total. The summed E-state index contributed by atoms with van der Waals surface area (Å²) in [7, 11) is 2.07. The molecule has 0 aliphatic carbocycles. The van der Waals surface area contributed by atoms with Gasteiger partial charge in [0, 0.05) is 19.2 Å². The summed E-state index contributed by atoms with van der Waals surface area (Å²) in [5, 5.41) is 3.38. The van der Waals surface area contributed by atoms with Gasteiger partial charge >= 0.3 is 0 Å². The molecule has 0 aromatic carbocycles. The third-order valence-electron chi connectivity index (χ3n) is 3.95. The van der Waals surface area contributed by atoms with Crippen LogP contribution in [0.15, 0.2) is 0 Å². The standard InChI is InChI=1S/C15H32N2O/c1-4-12-18-15-9-7-11-17(13-15)10-6-8-14(5-2)16-3/h14-16H,4-13H2,1-3H3. The lowest BCUT2D eigenvalue weighted by molar-refractivity contribution is -0.000470. The van der Waals surface area contributed by atoms with Gasteiger partial charge < -0.3 is 15.0 Å². The van der Waals surface area contributed by atoms with Gasteiger partial charge in [-0.1, -0.05) is 13.8 Å². The topological polar surface area (TPSA) is 24.5 Å². The van der Waals surface area contributed by atoms with E-state index in [0.717, 1.165) is 19.6 Å². The summed E-state index contributed by atoms with van der Waals surface area (Å²) < 4.78 is 5.88. The van der Waals surface area contributed by atoms with Crippen molar-refractivity contribution in [2.24, 2.45) is 0 Å². The van der Waals surface area contributed by atoms with Gasteiger partial charge in [-0.15, -0.1) is 0 Å². The molecule has 0 spiro atoms. The molecule has 18 heavy (non-hydrogen) atoms. The average molecular weight is 256 g/mol. The molecule has 2 unspecified atom stereocenters. The van der Waals surface area contributed by atoms with Crippen molar-refractivity contribution in [3.8, 4) is 0 Å². The highest BCUT2D eigenvalue weighted by molar-refractivity contribution is 4.74. The molecule has 2 atom stereocenters. The molecule has 0 radical (unpaired) electrons. The Kier molecular flexibility index (Phi) is 8.64. The number of rotatable bonds is 9. The molecule has 108 valence electrons. The summed E-state index contributed by atoms with van der Waals surface area (Å²) >= 11 is 0. The summed E-state index contributed by atoms with van der Waals surface area (Å²) in [6.45, 7) is 9.03. The van der Waals surface area contributed by atoms with Gasteiger partial charge in [0.15, 0.2) is 0 Å². The second kappa shape index (κ2) is 9.76. The molecule has 0 bridgehead atoms. The van der Waals surface area contributed by atoms with E-state index in [1.54, 1.807) is 0 Å². The fourth-order valence-corrected chi connectivity index (χ4v) is 2.75. The maximum atomic E-state index is 5.88. The van der Waals surface area contributed by atoms with Crippen LogP contribution >= 0.6 is 0 Å². The number of ether oxygens (including phenoxy) is 1. The minimum absolute atomic E-state index is 0.491. The molecule has 1 rings (SSSR count). The minimum Gasteiger partial charge on any atom is -0.377 e. The normalized spacial score (nSPS) is 23.2. The first kappa shape index (κ1) is 15.9. The van der Waals surface area contributed by atoms with Crippen LogP contribution in [0.4, 0.5) is 0 Å². The zero-order valence-corrected chi connectivity index (χ0v) is 12.6. The average Bonchev–Trinajstić information content (AvgIpc) is 2.42. The number of likely N-dealkylation sites (tertiary alicyclic amines) is 1. The largest absolute Gasteiger partial charge is 0.377 e. The zero-order chi connectivity index (χ0) is 13.2. The van der Waals surface area contributed by atoms with E-state index in [4.69, 9.17) is 4.74 Å². The third kappa shape index (κ3) is 6.17. The monoisotopic (exact) mass is 256 g/mol. The van der Waals surface area contributed by atoms with E-state index in [1.165, 1.54) is 45.2 Å². The SMILES string of the molecule is CCCOC1CCCN(CCCC(CC)NC)C1. The molecule has 3 nitrogen and oxygen atoms in total. The first-order valence-corrected chi connectivity index (χ1v) is 7.81. The lowest BCUT2D eigenvalue weighted by atomic mass is 10.1. The number of piperidine rings is 1. The maximum absolute atomic E-state index is 5.88. The van der Waals surface area contributed by atoms with E-state index in [0.29, 0.717) is 12.1 Å². The summed E-state index contributed by atoms with van der Waals surface area (Å²) in [6, 6.07) is 0.696. The smallest absolute Gasteiger partial charge is 0.0702 e. The van der Waals surface area contributed by atoms with E-state index < -0.39 is 0 Å². The van der Waals surface area contributed by atoms with Gasteiger partial charge in [0.1, 0.15) is 0 Å². The van der Waals surface area contributed by atoms with Crippen LogP contribution in [0.5, 0.6) is 0 Å². The Morgan fingerprint density at radius 2 is 2.22 bits per heavy atom. The van der Waals surface area contributed by atoms with Crippen LogP contribution in [-0.4, -0.2) is 50.3 Å². The number of nitrogens with zero attached hydrogens (tertiary/aromatic N) is 1. The molecule has 1 saturated heterocycles. The van der Waals surface area contributed by atoms with E-state index >= 15 is 0 Å². The predicted molar refractivity (Wildman–Crippen MR) is 78.1 cm³/mol. The van der Waals surface area contributed by atoms with Crippen molar-refractivity contribution in [3.63, 3.8) is 0 Å². The highest BCUT2D eigenvalue weighted by Crippen LogP contribution is 2.14. The Hall–Kier alpha value is -0.120.